The molecule has 1 aromatic heterocycles. The van der Waals surface area contributed by atoms with Crippen LogP contribution in [0.3, 0.4) is 0 Å². The number of nitrogens with one attached hydrogen (secondary N) is 1. The van der Waals surface area contributed by atoms with Gasteiger partial charge in [0.25, 0.3) is 0 Å². The van der Waals surface area contributed by atoms with Gasteiger partial charge in [-0.1, -0.05) is 25.4 Å². The number of hydrogen-bond donors (Lipinski definition) is 1. The molecule has 1 aromatic rings. The maximum Gasteiger partial charge on any atom is 0.0850 e. The number of aryl methyl sites for hydroxylation is 2. The first-order chi connectivity index (χ1) is 9.03. The molecule has 3 nitrogen and oxygen atoms in total. The fourth-order valence-electron chi connectivity index (χ4n) is 3.32. The second-order valence-electron chi connectivity index (χ2n) is 6.09. The van der Waals surface area contributed by atoms with Crippen molar-refractivity contribution in [2.24, 2.45) is 5.41 Å². The first-order valence-electron chi connectivity index (χ1n) is 7.44. The largest absolute Gasteiger partial charge is 0.317 e. The van der Waals surface area contributed by atoms with Crippen LogP contribution in [0.15, 0.2) is 0 Å². The van der Waals surface area contributed by atoms with Gasteiger partial charge in [0, 0.05) is 12.6 Å². The van der Waals surface area contributed by atoms with Crippen LogP contribution in [0.1, 0.15) is 51.4 Å². The Morgan fingerprint density at radius 1 is 1.47 bits per heavy atom. The van der Waals surface area contributed by atoms with E-state index in [2.05, 4.69) is 42.9 Å². The quantitative estimate of drug-likeness (QED) is 0.897. The van der Waals surface area contributed by atoms with Gasteiger partial charge in [-0.25, -0.2) is 0 Å². The fourth-order valence-corrected chi connectivity index (χ4v) is 3.65. The Hall–Kier alpha value is -0.540. The molecule has 1 N–H and O–H groups in total. The molecule has 1 aliphatic rings. The highest BCUT2D eigenvalue weighted by Crippen LogP contribution is 2.42. The SMILES string of the molecule is CCc1nn(CC)c(CC2(C)CCC(NC)C2)c1Cl. The Morgan fingerprint density at radius 2 is 2.21 bits per heavy atom. The van der Waals surface area contributed by atoms with Crippen LogP contribution < -0.4 is 5.32 Å². The Labute approximate surface area is 121 Å². The standard InChI is InChI=1S/C15H26ClN3/c1-5-12-14(16)13(19(6-2)18-12)10-15(3)8-7-11(9-15)17-4/h11,17H,5-10H2,1-4H3. The molecule has 0 radical (unpaired) electrons. The molecule has 1 fully saturated rings. The molecule has 108 valence electrons. The van der Waals surface area contributed by atoms with Gasteiger partial charge in [0.05, 0.1) is 16.4 Å². The van der Waals surface area contributed by atoms with Crippen LogP contribution in [0.4, 0.5) is 0 Å². The molecule has 1 aliphatic carbocycles. The molecule has 19 heavy (non-hydrogen) atoms. The van der Waals surface area contributed by atoms with E-state index in [1.807, 2.05) is 0 Å². The summed E-state index contributed by atoms with van der Waals surface area (Å²) >= 11 is 6.52. The molecule has 2 rings (SSSR count). The van der Waals surface area contributed by atoms with E-state index in [1.165, 1.54) is 25.0 Å². The van der Waals surface area contributed by atoms with E-state index in [9.17, 15) is 0 Å². The third-order valence-corrected chi connectivity index (χ3v) is 4.97. The van der Waals surface area contributed by atoms with E-state index < -0.39 is 0 Å². The Morgan fingerprint density at radius 3 is 2.74 bits per heavy atom. The van der Waals surface area contributed by atoms with Crippen molar-refractivity contribution in [2.75, 3.05) is 7.05 Å². The van der Waals surface area contributed by atoms with Gasteiger partial charge >= 0.3 is 0 Å². The van der Waals surface area contributed by atoms with Crippen molar-refractivity contribution in [3.63, 3.8) is 0 Å². The molecule has 0 bridgehead atoms. The maximum atomic E-state index is 6.52. The minimum Gasteiger partial charge on any atom is -0.317 e. The summed E-state index contributed by atoms with van der Waals surface area (Å²) in [5.41, 5.74) is 2.64. The van der Waals surface area contributed by atoms with E-state index >= 15 is 0 Å². The van der Waals surface area contributed by atoms with Crippen molar-refractivity contribution < 1.29 is 0 Å². The molecule has 2 unspecified atom stereocenters. The number of nitrogens with zero attached hydrogens (tertiary/aromatic N) is 2. The molecule has 4 heteroatoms. The van der Waals surface area contributed by atoms with Gasteiger partial charge in [0.15, 0.2) is 0 Å². The lowest BCUT2D eigenvalue weighted by molar-refractivity contribution is 0.314. The van der Waals surface area contributed by atoms with E-state index in [0.29, 0.717) is 11.5 Å². The van der Waals surface area contributed by atoms with E-state index in [4.69, 9.17) is 11.6 Å². The zero-order valence-electron chi connectivity index (χ0n) is 12.6. The molecule has 0 spiro atoms. The van der Waals surface area contributed by atoms with Gasteiger partial charge < -0.3 is 5.32 Å². The molecule has 1 heterocycles. The predicted molar refractivity (Wildman–Crippen MR) is 80.8 cm³/mol. The first kappa shape index (κ1) is 14.9. The molecule has 2 atom stereocenters. The van der Waals surface area contributed by atoms with Gasteiger partial charge in [0.1, 0.15) is 0 Å². The third-order valence-electron chi connectivity index (χ3n) is 4.53. The highest BCUT2D eigenvalue weighted by Gasteiger charge is 2.36. The number of rotatable bonds is 5. The van der Waals surface area contributed by atoms with Gasteiger partial charge in [-0.3, -0.25) is 4.68 Å². The average Bonchev–Trinajstić information content (AvgIpc) is 2.92. The molecule has 0 saturated heterocycles. The summed E-state index contributed by atoms with van der Waals surface area (Å²) in [7, 11) is 2.06. The monoisotopic (exact) mass is 283 g/mol. The van der Waals surface area contributed by atoms with Gasteiger partial charge in [-0.15, -0.1) is 0 Å². The molecule has 0 aromatic carbocycles. The van der Waals surface area contributed by atoms with Crippen molar-refractivity contribution in [2.45, 2.75) is 65.5 Å². The second kappa shape index (κ2) is 5.84. The summed E-state index contributed by atoms with van der Waals surface area (Å²) in [6.07, 6.45) is 5.73. The van der Waals surface area contributed by atoms with Crippen molar-refractivity contribution in [1.82, 2.24) is 15.1 Å². The second-order valence-corrected chi connectivity index (χ2v) is 6.47. The molecular formula is C15H26ClN3. The summed E-state index contributed by atoms with van der Waals surface area (Å²) in [5, 5.41) is 8.94. The van der Waals surface area contributed by atoms with Crippen molar-refractivity contribution in [3.05, 3.63) is 16.4 Å². The van der Waals surface area contributed by atoms with E-state index in [1.54, 1.807) is 0 Å². The fraction of sp³-hybridized carbons (Fsp3) is 0.800. The Kier molecular flexibility index (Phi) is 4.57. The third kappa shape index (κ3) is 2.97. The Balaban J connectivity index is 2.21. The summed E-state index contributed by atoms with van der Waals surface area (Å²) in [6, 6.07) is 0.660. The zero-order valence-corrected chi connectivity index (χ0v) is 13.3. The van der Waals surface area contributed by atoms with Crippen LogP contribution in [-0.4, -0.2) is 22.9 Å². The van der Waals surface area contributed by atoms with Gasteiger partial charge in [0.2, 0.25) is 0 Å². The Bertz CT molecular complexity index is 441. The topological polar surface area (TPSA) is 29.9 Å². The number of aromatic nitrogens is 2. The molecule has 0 aliphatic heterocycles. The highest BCUT2D eigenvalue weighted by molar-refractivity contribution is 6.31. The van der Waals surface area contributed by atoms with Crippen molar-refractivity contribution >= 4 is 11.6 Å². The van der Waals surface area contributed by atoms with Crippen LogP contribution in [0.5, 0.6) is 0 Å². The minimum atomic E-state index is 0.356. The number of halogens is 1. The summed E-state index contributed by atoms with van der Waals surface area (Å²) in [6.45, 7) is 7.55. The predicted octanol–water partition coefficient (Wildman–Crippen LogP) is 3.44. The van der Waals surface area contributed by atoms with Crippen LogP contribution in [0.25, 0.3) is 0 Å². The lowest BCUT2D eigenvalue weighted by Gasteiger charge is -2.24. The van der Waals surface area contributed by atoms with E-state index in [-0.39, 0.29) is 0 Å². The van der Waals surface area contributed by atoms with Gasteiger partial charge in [-0.05, 0) is 51.5 Å². The van der Waals surface area contributed by atoms with Crippen LogP contribution >= 0.6 is 11.6 Å². The maximum absolute atomic E-state index is 6.52. The molecular weight excluding hydrogens is 258 g/mol. The van der Waals surface area contributed by atoms with Crippen molar-refractivity contribution in [1.29, 1.82) is 0 Å². The van der Waals surface area contributed by atoms with Crippen LogP contribution in [0, 0.1) is 5.41 Å². The zero-order chi connectivity index (χ0) is 14.0. The molecule has 1 saturated carbocycles. The summed E-state index contributed by atoms with van der Waals surface area (Å²) in [5.74, 6) is 0. The lowest BCUT2D eigenvalue weighted by Crippen LogP contribution is -2.25. The van der Waals surface area contributed by atoms with Crippen LogP contribution in [0.2, 0.25) is 5.02 Å². The lowest BCUT2D eigenvalue weighted by atomic mass is 9.83. The van der Waals surface area contributed by atoms with Crippen molar-refractivity contribution in [3.8, 4) is 0 Å². The van der Waals surface area contributed by atoms with Crippen LogP contribution in [-0.2, 0) is 19.4 Å². The highest BCUT2D eigenvalue weighted by atomic mass is 35.5. The minimum absolute atomic E-state index is 0.356. The number of hydrogen-bond acceptors (Lipinski definition) is 2. The average molecular weight is 284 g/mol. The van der Waals surface area contributed by atoms with E-state index in [0.717, 1.165) is 30.1 Å². The summed E-state index contributed by atoms with van der Waals surface area (Å²) in [4.78, 5) is 0. The normalized spacial score (nSPS) is 27.1. The summed E-state index contributed by atoms with van der Waals surface area (Å²) < 4.78 is 2.10. The van der Waals surface area contributed by atoms with Gasteiger partial charge in [-0.2, -0.15) is 5.10 Å². The smallest absolute Gasteiger partial charge is 0.0850 e. The first-order valence-corrected chi connectivity index (χ1v) is 7.82. The molecule has 0 amide bonds.